The van der Waals surface area contributed by atoms with Gasteiger partial charge in [-0.2, -0.15) is 5.10 Å². The number of hydrogen-bond acceptors (Lipinski definition) is 5. The van der Waals surface area contributed by atoms with Crippen LogP contribution in [0.5, 0.6) is 0 Å². The Kier molecular flexibility index (Phi) is 7.22. The summed E-state index contributed by atoms with van der Waals surface area (Å²) in [6.45, 7) is 2.30. The number of rotatable bonds is 7. The lowest BCUT2D eigenvalue weighted by Gasteiger charge is -2.37. The number of carbonyl (C=O) groups is 2. The number of nitrogens with zero attached hydrogens (tertiary/aromatic N) is 6. The first kappa shape index (κ1) is 23.4. The van der Waals surface area contributed by atoms with Gasteiger partial charge in [0.05, 0.1) is 16.9 Å². The summed E-state index contributed by atoms with van der Waals surface area (Å²) in [5, 5.41) is 4.15. The fraction of sp³-hybridized carbons (Fsp3) is 0.360. The van der Waals surface area contributed by atoms with Crippen molar-refractivity contribution < 1.29 is 9.59 Å². The number of likely N-dealkylation sites (tertiary alicyclic amines) is 1. The number of hydrogen-bond donors (Lipinski definition) is 1. The van der Waals surface area contributed by atoms with E-state index in [1.54, 1.807) is 36.3 Å². The molecule has 1 fully saturated rings. The molecule has 4 rings (SSSR count). The molecule has 9 nitrogen and oxygen atoms in total. The number of amides is 3. The van der Waals surface area contributed by atoms with Gasteiger partial charge in [-0.05, 0) is 50.1 Å². The van der Waals surface area contributed by atoms with Crippen LogP contribution in [0.15, 0.2) is 61.2 Å². The van der Waals surface area contributed by atoms with Crippen molar-refractivity contribution >= 4 is 17.6 Å². The highest BCUT2D eigenvalue weighted by Crippen LogP contribution is 2.26. The molecule has 0 unspecified atom stereocenters. The van der Waals surface area contributed by atoms with Crippen molar-refractivity contribution in [3.8, 4) is 5.69 Å². The molecule has 0 bridgehead atoms. The maximum absolute atomic E-state index is 13.5. The fourth-order valence-corrected chi connectivity index (χ4v) is 4.40. The summed E-state index contributed by atoms with van der Waals surface area (Å²) in [6.07, 6.45) is 5.82. The zero-order valence-electron chi connectivity index (χ0n) is 19.7. The van der Waals surface area contributed by atoms with Gasteiger partial charge in [0.15, 0.2) is 0 Å². The SMILES string of the molecule is CN(C(N)=O)c1ccc(-n2cncn2)cc1C(=O)N1CCC(N(C)CCc2ccccc2)CC1. The van der Waals surface area contributed by atoms with Gasteiger partial charge in [-0.25, -0.2) is 14.5 Å². The lowest BCUT2D eigenvalue weighted by molar-refractivity contribution is 0.0647. The Morgan fingerprint density at radius 3 is 2.47 bits per heavy atom. The second kappa shape index (κ2) is 10.5. The molecule has 0 radical (unpaired) electrons. The Hall–Kier alpha value is -3.72. The number of piperidine rings is 1. The van der Waals surface area contributed by atoms with E-state index in [0.717, 1.165) is 25.8 Å². The standard InChI is InChI=1S/C25H31N7O2/c1-29(13-10-19-6-4-3-5-7-19)20-11-14-31(15-12-20)24(33)22-16-21(32-18-27-17-28-32)8-9-23(22)30(2)25(26)34/h3-9,16-18,20H,10-15H2,1-2H3,(H2,26,34). The van der Waals surface area contributed by atoms with Crippen LogP contribution in [0.4, 0.5) is 10.5 Å². The number of urea groups is 1. The quantitative estimate of drug-likeness (QED) is 0.583. The van der Waals surface area contributed by atoms with Crippen LogP contribution in [0.25, 0.3) is 5.69 Å². The summed E-state index contributed by atoms with van der Waals surface area (Å²) in [7, 11) is 3.73. The van der Waals surface area contributed by atoms with Crippen LogP contribution in [-0.4, -0.2) is 76.3 Å². The van der Waals surface area contributed by atoms with Crippen molar-refractivity contribution in [2.75, 3.05) is 38.6 Å². The van der Waals surface area contributed by atoms with Crippen LogP contribution in [0, 0.1) is 0 Å². The van der Waals surface area contributed by atoms with Crippen molar-refractivity contribution in [2.24, 2.45) is 5.73 Å². The van der Waals surface area contributed by atoms with Gasteiger partial charge >= 0.3 is 6.03 Å². The number of carbonyl (C=O) groups excluding carboxylic acids is 2. The first-order chi connectivity index (χ1) is 16.4. The Bertz CT molecular complexity index is 1110. The molecule has 3 amide bonds. The summed E-state index contributed by atoms with van der Waals surface area (Å²) < 4.78 is 1.58. The second-order valence-electron chi connectivity index (χ2n) is 8.68. The molecule has 1 aliphatic heterocycles. The van der Waals surface area contributed by atoms with E-state index >= 15 is 0 Å². The zero-order chi connectivity index (χ0) is 24.1. The molecule has 2 heterocycles. The van der Waals surface area contributed by atoms with E-state index in [4.69, 9.17) is 5.73 Å². The molecular formula is C25H31N7O2. The molecule has 178 valence electrons. The second-order valence-corrected chi connectivity index (χ2v) is 8.68. The Morgan fingerprint density at radius 1 is 1.09 bits per heavy atom. The molecule has 2 N–H and O–H groups in total. The van der Waals surface area contributed by atoms with E-state index in [-0.39, 0.29) is 5.91 Å². The molecule has 1 saturated heterocycles. The molecule has 0 atom stereocenters. The average Bonchev–Trinajstić information content (AvgIpc) is 3.42. The third-order valence-corrected chi connectivity index (χ3v) is 6.56. The largest absolute Gasteiger partial charge is 0.351 e. The average molecular weight is 462 g/mol. The smallest absolute Gasteiger partial charge is 0.319 e. The summed E-state index contributed by atoms with van der Waals surface area (Å²) >= 11 is 0. The number of anilines is 1. The van der Waals surface area contributed by atoms with Crippen LogP contribution in [-0.2, 0) is 6.42 Å². The van der Waals surface area contributed by atoms with Gasteiger partial charge in [-0.15, -0.1) is 0 Å². The highest BCUT2D eigenvalue weighted by atomic mass is 16.2. The molecule has 0 spiro atoms. The van der Waals surface area contributed by atoms with Crippen molar-refractivity contribution in [3.63, 3.8) is 0 Å². The molecule has 0 saturated carbocycles. The summed E-state index contributed by atoms with van der Waals surface area (Å²) in [5.74, 6) is -0.115. The van der Waals surface area contributed by atoms with Crippen LogP contribution in [0.1, 0.15) is 28.8 Å². The number of primary amides is 1. The van der Waals surface area contributed by atoms with Gasteiger partial charge in [-0.3, -0.25) is 9.69 Å². The maximum atomic E-state index is 13.5. The van der Waals surface area contributed by atoms with Crippen molar-refractivity contribution in [3.05, 3.63) is 72.3 Å². The third kappa shape index (κ3) is 5.26. The lowest BCUT2D eigenvalue weighted by Crippen LogP contribution is -2.46. The fourth-order valence-electron chi connectivity index (χ4n) is 4.40. The molecule has 34 heavy (non-hydrogen) atoms. The minimum atomic E-state index is -0.624. The van der Waals surface area contributed by atoms with Crippen molar-refractivity contribution in [2.45, 2.75) is 25.3 Å². The number of likely N-dealkylation sites (N-methyl/N-ethyl adjacent to an activating group) is 1. The van der Waals surface area contributed by atoms with Gasteiger partial charge in [0, 0.05) is 32.7 Å². The Labute approximate surface area is 199 Å². The van der Waals surface area contributed by atoms with E-state index < -0.39 is 6.03 Å². The summed E-state index contributed by atoms with van der Waals surface area (Å²) in [5.41, 5.74) is 8.42. The normalized spacial score (nSPS) is 14.4. The number of aromatic nitrogens is 3. The molecule has 1 aromatic heterocycles. The van der Waals surface area contributed by atoms with Crippen LogP contribution in [0.3, 0.4) is 0 Å². The minimum absolute atomic E-state index is 0.115. The summed E-state index contributed by atoms with van der Waals surface area (Å²) in [6, 6.07) is 15.5. The molecule has 1 aliphatic rings. The van der Waals surface area contributed by atoms with Crippen LogP contribution in [0.2, 0.25) is 0 Å². The highest BCUT2D eigenvalue weighted by Gasteiger charge is 2.28. The predicted molar refractivity (Wildman–Crippen MR) is 131 cm³/mol. The van der Waals surface area contributed by atoms with Crippen LogP contribution < -0.4 is 10.6 Å². The highest BCUT2D eigenvalue weighted by molar-refractivity contribution is 6.04. The van der Waals surface area contributed by atoms with Crippen molar-refractivity contribution in [1.82, 2.24) is 24.6 Å². The van der Waals surface area contributed by atoms with E-state index in [1.807, 2.05) is 11.0 Å². The van der Waals surface area contributed by atoms with E-state index in [9.17, 15) is 9.59 Å². The molecule has 9 heteroatoms. The molecule has 0 aliphatic carbocycles. The van der Waals surface area contributed by atoms with Gasteiger partial charge in [-0.1, -0.05) is 30.3 Å². The molecule has 3 aromatic rings. The van der Waals surface area contributed by atoms with Crippen LogP contribution >= 0.6 is 0 Å². The van der Waals surface area contributed by atoms with Crippen molar-refractivity contribution in [1.29, 1.82) is 0 Å². The summed E-state index contributed by atoms with van der Waals surface area (Å²) in [4.78, 5) is 34.9. The van der Waals surface area contributed by atoms with E-state index in [1.165, 1.54) is 16.8 Å². The van der Waals surface area contributed by atoms with Gasteiger partial charge < -0.3 is 15.5 Å². The molecule has 2 aromatic carbocycles. The lowest BCUT2D eigenvalue weighted by atomic mass is 10.0. The van der Waals surface area contributed by atoms with Gasteiger partial charge in [0.25, 0.3) is 5.91 Å². The molecular weight excluding hydrogens is 430 g/mol. The van der Waals surface area contributed by atoms with E-state index in [0.29, 0.717) is 36.1 Å². The third-order valence-electron chi connectivity index (χ3n) is 6.56. The van der Waals surface area contributed by atoms with Gasteiger partial charge in [0.2, 0.25) is 0 Å². The zero-order valence-corrected chi connectivity index (χ0v) is 19.7. The first-order valence-corrected chi connectivity index (χ1v) is 11.5. The van der Waals surface area contributed by atoms with Gasteiger partial charge in [0.1, 0.15) is 12.7 Å². The number of nitrogens with two attached hydrogens (primary N) is 1. The first-order valence-electron chi connectivity index (χ1n) is 11.5. The number of benzene rings is 2. The Morgan fingerprint density at radius 2 is 1.82 bits per heavy atom. The topological polar surface area (TPSA) is 101 Å². The minimum Gasteiger partial charge on any atom is -0.351 e. The Balaban J connectivity index is 1.44. The predicted octanol–water partition coefficient (Wildman–Crippen LogP) is 2.56. The van der Waals surface area contributed by atoms with E-state index in [2.05, 4.69) is 46.3 Å². The maximum Gasteiger partial charge on any atom is 0.319 e. The monoisotopic (exact) mass is 461 g/mol.